The zero-order valence-electron chi connectivity index (χ0n) is 23.2. The fourth-order valence-corrected chi connectivity index (χ4v) is 5.31. The maximum Gasteiger partial charge on any atom is 0.141 e. The summed E-state index contributed by atoms with van der Waals surface area (Å²) in [6.07, 6.45) is 5.41. The predicted octanol–water partition coefficient (Wildman–Crippen LogP) is 5.82. The van der Waals surface area contributed by atoms with Gasteiger partial charge in [-0.05, 0) is 68.8 Å². The quantitative estimate of drug-likeness (QED) is 0.281. The second-order valence-corrected chi connectivity index (χ2v) is 11.6. The van der Waals surface area contributed by atoms with E-state index in [9.17, 15) is 4.39 Å². The van der Waals surface area contributed by atoms with Gasteiger partial charge in [-0.3, -0.25) is 9.58 Å². The monoisotopic (exact) mass is 547 g/mol. The summed E-state index contributed by atoms with van der Waals surface area (Å²) in [7, 11) is 0. The van der Waals surface area contributed by atoms with Crippen LogP contribution in [0.15, 0.2) is 79.4 Å². The normalized spacial score (nSPS) is 14.5. The summed E-state index contributed by atoms with van der Waals surface area (Å²) in [5.74, 6) is 0.455. The highest BCUT2D eigenvalue weighted by atomic mass is 19.1. The fraction of sp³-hybridized carbons (Fsp3) is 0.258. The Labute approximate surface area is 236 Å². The highest BCUT2D eigenvalue weighted by molar-refractivity contribution is 5.94. The molecule has 1 aliphatic heterocycles. The first-order valence-electron chi connectivity index (χ1n) is 13.7. The van der Waals surface area contributed by atoms with Crippen LogP contribution < -0.4 is 5.32 Å². The highest BCUT2D eigenvalue weighted by Gasteiger charge is 2.36. The summed E-state index contributed by atoms with van der Waals surface area (Å²) in [5, 5.41) is 18.8. The third-order valence-corrected chi connectivity index (χ3v) is 7.75. The molecule has 1 N–H and O–H groups in total. The van der Waals surface area contributed by atoms with Gasteiger partial charge in [0.05, 0.1) is 36.0 Å². The number of hydrogen-bond acceptors (Lipinski definition) is 7. The van der Waals surface area contributed by atoms with E-state index >= 15 is 0 Å². The van der Waals surface area contributed by atoms with Gasteiger partial charge in [0.1, 0.15) is 23.7 Å². The molecule has 0 atom stereocenters. The number of nitrogens with zero attached hydrogens (tertiary/aromatic N) is 8. The van der Waals surface area contributed by atoms with Gasteiger partial charge in [-0.1, -0.05) is 23.4 Å². The van der Waals surface area contributed by atoms with E-state index in [4.69, 9.17) is 0 Å². The zero-order chi connectivity index (χ0) is 28.1. The average molecular weight is 548 g/mol. The van der Waals surface area contributed by atoms with Crippen molar-refractivity contribution in [3.63, 3.8) is 0 Å². The number of rotatable bonds is 6. The van der Waals surface area contributed by atoms with E-state index in [1.54, 1.807) is 12.4 Å². The molecule has 206 valence electrons. The lowest BCUT2D eigenvalue weighted by Crippen LogP contribution is -2.56. The van der Waals surface area contributed by atoms with E-state index in [0.717, 1.165) is 57.4 Å². The van der Waals surface area contributed by atoms with E-state index in [1.807, 2.05) is 58.2 Å². The Morgan fingerprint density at radius 1 is 1.00 bits per heavy atom. The van der Waals surface area contributed by atoms with Crippen LogP contribution in [0.3, 0.4) is 0 Å². The number of nitrogens with one attached hydrogen (secondary N) is 1. The standard InChI is InChI=1S/C31H30FN9/c1-31(2,3)39-16-25(17-39)40-18-28(37-38-40)21-7-9-27-26(13-21)30(34-19-33-27)36-24-8-10-29-22(12-24)14-35-41(29)15-20-5-4-6-23(32)11-20/h4-14,18-19,25H,15-17H2,1-3H3,(H,33,34,36). The third kappa shape index (κ3) is 4.91. The maximum atomic E-state index is 13.6. The molecule has 10 heteroatoms. The first-order valence-corrected chi connectivity index (χ1v) is 13.7. The summed E-state index contributed by atoms with van der Waals surface area (Å²) < 4.78 is 17.5. The van der Waals surface area contributed by atoms with E-state index in [0.29, 0.717) is 18.4 Å². The van der Waals surface area contributed by atoms with Crippen LogP contribution >= 0.6 is 0 Å². The molecule has 1 aliphatic rings. The van der Waals surface area contributed by atoms with Crippen LogP contribution in [0.25, 0.3) is 33.1 Å². The maximum absolute atomic E-state index is 13.6. The number of fused-ring (bicyclic) bond motifs is 2. The van der Waals surface area contributed by atoms with Crippen LogP contribution in [0, 0.1) is 5.82 Å². The van der Waals surface area contributed by atoms with Crippen molar-refractivity contribution >= 4 is 33.3 Å². The Kier molecular flexibility index (Phi) is 6.01. The van der Waals surface area contributed by atoms with E-state index in [1.165, 1.54) is 12.1 Å². The summed E-state index contributed by atoms with van der Waals surface area (Å²) >= 11 is 0. The molecule has 0 radical (unpaired) electrons. The number of halogens is 1. The van der Waals surface area contributed by atoms with Crippen molar-refractivity contribution < 1.29 is 4.39 Å². The molecule has 6 aromatic rings. The Morgan fingerprint density at radius 3 is 2.71 bits per heavy atom. The third-order valence-electron chi connectivity index (χ3n) is 7.75. The zero-order valence-corrected chi connectivity index (χ0v) is 23.2. The van der Waals surface area contributed by atoms with Crippen molar-refractivity contribution in [2.45, 2.75) is 38.9 Å². The van der Waals surface area contributed by atoms with Crippen LogP contribution in [0.1, 0.15) is 32.4 Å². The minimum absolute atomic E-state index is 0.162. The lowest BCUT2D eigenvalue weighted by molar-refractivity contribution is 0.0148. The minimum Gasteiger partial charge on any atom is -0.340 e. The Morgan fingerprint density at radius 2 is 1.88 bits per heavy atom. The molecule has 0 spiro atoms. The number of likely N-dealkylation sites (tertiary alicyclic amines) is 1. The molecule has 1 fully saturated rings. The van der Waals surface area contributed by atoms with E-state index in [-0.39, 0.29) is 11.4 Å². The molecule has 3 aromatic carbocycles. The van der Waals surface area contributed by atoms with E-state index in [2.05, 4.69) is 62.4 Å². The van der Waals surface area contributed by atoms with Crippen molar-refractivity contribution in [2.24, 2.45) is 0 Å². The lowest BCUT2D eigenvalue weighted by Gasteiger charge is -2.47. The van der Waals surface area contributed by atoms with Crippen molar-refractivity contribution in [3.8, 4) is 11.3 Å². The van der Waals surface area contributed by atoms with Crippen molar-refractivity contribution in [1.29, 1.82) is 0 Å². The Hall–Kier alpha value is -4.70. The van der Waals surface area contributed by atoms with Gasteiger partial charge in [-0.2, -0.15) is 5.10 Å². The smallest absolute Gasteiger partial charge is 0.141 e. The molecule has 0 saturated carbocycles. The topological polar surface area (TPSA) is 89.6 Å². The summed E-state index contributed by atoms with van der Waals surface area (Å²) in [6.45, 7) is 9.14. The first-order chi connectivity index (χ1) is 19.8. The van der Waals surface area contributed by atoms with Crippen molar-refractivity contribution in [2.75, 3.05) is 18.4 Å². The molecule has 0 unspecified atom stereocenters. The Bertz CT molecular complexity index is 1880. The second kappa shape index (κ2) is 9.74. The predicted molar refractivity (Wildman–Crippen MR) is 157 cm³/mol. The molecular weight excluding hydrogens is 517 g/mol. The van der Waals surface area contributed by atoms with Crippen LogP contribution in [0.5, 0.6) is 0 Å². The van der Waals surface area contributed by atoms with Crippen molar-refractivity contribution in [1.82, 2.24) is 39.6 Å². The van der Waals surface area contributed by atoms with E-state index < -0.39 is 0 Å². The van der Waals surface area contributed by atoms with Gasteiger partial charge < -0.3 is 5.32 Å². The van der Waals surface area contributed by atoms with Gasteiger partial charge >= 0.3 is 0 Å². The molecule has 0 aliphatic carbocycles. The number of anilines is 2. The number of aromatic nitrogens is 7. The Balaban J connectivity index is 1.13. The van der Waals surface area contributed by atoms with Crippen LogP contribution in [0.4, 0.5) is 15.9 Å². The molecule has 9 nitrogen and oxygen atoms in total. The molecule has 0 bridgehead atoms. The molecule has 1 saturated heterocycles. The van der Waals surface area contributed by atoms with Gasteiger partial charge in [0.2, 0.25) is 0 Å². The number of benzene rings is 3. The minimum atomic E-state index is -0.249. The molecule has 7 rings (SSSR count). The van der Waals surface area contributed by atoms with Crippen LogP contribution in [-0.2, 0) is 6.54 Å². The largest absolute Gasteiger partial charge is 0.340 e. The summed E-state index contributed by atoms with van der Waals surface area (Å²) in [6, 6.07) is 19.0. The number of hydrogen-bond donors (Lipinski definition) is 1. The SMILES string of the molecule is CC(C)(C)N1CC(n2cc(-c3ccc4ncnc(Nc5ccc6c(cnn6Cc6cccc(F)c6)c5)c4c3)nn2)C1. The first kappa shape index (κ1) is 25.3. The van der Waals surface area contributed by atoms with Gasteiger partial charge in [0.25, 0.3) is 0 Å². The summed E-state index contributed by atoms with van der Waals surface area (Å²) in [4.78, 5) is 11.5. The van der Waals surface area contributed by atoms with Crippen molar-refractivity contribution in [3.05, 3.63) is 90.8 Å². The molecule has 3 aromatic heterocycles. The highest BCUT2D eigenvalue weighted by Crippen LogP contribution is 2.31. The molecule has 0 amide bonds. The molecular formula is C31H30FN9. The van der Waals surface area contributed by atoms with Gasteiger partial charge in [-0.15, -0.1) is 5.10 Å². The van der Waals surface area contributed by atoms with Crippen LogP contribution in [-0.4, -0.2) is 58.3 Å². The summed E-state index contributed by atoms with van der Waals surface area (Å²) in [5.41, 5.74) is 5.49. The molecule has 41 heavy (non-hydrogen) atoms. The van der Waals surface area contributed by atoms with Crippen LogP contribution in [0.2, 0.25) is 0 Å². The second-order valence-electron chi connectivity index (χ2n) is 11.6. The van der Waals surface area contributed by atoms with Gasteiger partial charge in [0, 0.05) is 40.7 Å². The molecule has 4 heterocycles. The fourth-order valence-electron chi connectivity index (χ4n) is 5.31. The van der Waals surface area contributed by atoms with Gasteiger partial charge in [-0.25, -0.2) is 19.0 Å². The lowest BCUT2D eigenvalue weighted by atomic mass is 9.98. The van der Waals surface area contributed by atoms with Gasteiger partial charge in [0.15, 0.2) is 0 Å². The average Bonchev–Trinajstić information content (AvgIpc) is 3.55.